The first-order valence-electron chi connectivity index (χ1n) is 7.31. The van der Waals surface area contributed by atoms with Gasteiger partial charge in [0, 0.05) is 12.6 Å². The highest BCUT2D eigenvalue weighted by molar-refractivity contribution is 5.33. The molecule has 0 aliphatic heterocycles. The number of hydrogen-bond acceptors (Lipinski definition) is 3. The van der Waals surface area contributed by atoms with Crippen molar-refractivity contribution in [3.8, 4) is 6.07 Å². The minimum Gasteiger partial charge on any atom is -0.330 e. The van der Waals surface area contributed by atoms with Crippen molar-refractivity contribution < 1.29 is 4.39 Å². The van der Waals surface area contributed by atoms with Crippen molar-refractivity contribution in [3.05, 3.63) is 35.1 Å². The molecule has 3 nitrogen and oxygen atoms in total. The number of hydrogen-bond donors (Lipinski definition) is 1. The summed E-state index contributed by atoms with van der Waals surface area (Å²) < 4.78 is 13.5. The Kier molecular flexibility index (Phi) is 5.11. The molecule has 2 unspecified atom stereocenters. The van der Waals surface area contributed by atoms with Gasteiger partial charge in [-0.2, -0.15) is 5.26 Å². The molecule has 0 saturated heterocycles. The van der Waals surface area contributed by atoms with E-state index in [1.807, 2.05) is 6.07 Å². The molecule has 1 fully saturated rings. The second-order valence-corrected chi connectivity index (χ2v) is 5.52. The van der Waals surface area contributed by atoms with E-state index in [2.05, 4.69) is 11.8 Å². The van der Waals surface area contributed by atoms with Crippen molar-refractivity contribution in [2.45, 2.75) is 38.8 Å². The van der Waals surface area contributed by atoms with Crippen LogP contribution >= 0.6 is 0 Å². The molecule has 1 aliphatic carbocycles. The molecule has 1 saturated carbocycles. The minimum atomic E-state index is -0.336. The van der Waals surface area contributed by atoms with Crippen molar-refractivity contribution >= 4 is 0 Å². The fourth-order valence-corrected chi connectivity index (χ4v) is 3.28. The number of nitriles is 1. The summed E-state index contributed by atoms with van der Waals surface area (Å²) in [6.07, 6.45) is 3.57. The Labute approximate surface area is 120 Å². The molecule has 0 bridgehead atoms. The largest absolute Gasteiger partial charge is 0.330 e. The normalized spacial score (nSPS) is 22.1. The summed E-state index contributed by atoms with van der Waals surface area (Å²) in [6, 6.07) is 7.07. The Balaban J connectivity index is 2.14. The number of rotatable bonds is 5. The second kappa shape index (κ2) is 6.83. The van der Waals surface area contributed by atoms with E-state index in [9.17, 15) is 4.39 Å². The van der Waals surface area contributed by atoms with Gasteiger partial charge in [0.25, 0.3) is 0 Å². The Morgan fingerprint density at radius 3 is 2.85 bits per heavy atom. The lowest BCUT2D eigenvalue weighted by Gasteiger charge is -2.31. The minimum absolute atomic E-state index is 0.336. The summed E-state index contributed by atoms with van der Waals surface area (Å²) in [5, 5.41) is 8.92. The van der Waals surface area contributed by atoms with Gasteiger partial charge in [0.1, 0.15) is 5.82 Å². The maximum absolute atomic E-state index is 13.5. The zero-order valence-corrected chi connectivity index (χ0v) is 12.0. The van der Waals surface area contributed by atoms with Crippen LogP contribution in [0.5, 0.6) is 0 Å². The SMILES string of the molecule is CCN(Cc1cc(F)cc(C#N)c1)C1CCCC1CN. The lowest BCUT2D eigenvalue weighted by Crippen LogP contribution is -2.39. The molecule has 0 aromatic heterocycles. The van der Waals surface area contributed by atoms with Crippen LogP contribution in [0.15, 0.2) is 18.2 Å². The van der Waals surface area contributed by atoms with Gasteiger partial charge in [0.15, 0.2) is 0 Å². The summed E-state index contributed by atoms with van der Waals surface area (Å²) >= 11 is 0. The standard InChI is InChI=1S/C16H22FN3/c1-2-20(16-5-3-4-14(16)10-19)11-13-6-12(9-18)7-15(17)8-13/h6-8,14,16H,2-5,10-11,19H2,1H3. The molecule has 108 valence electrons. The van der Waals surface area contributed by atoms with Crippen LogP contribution < -0.4 is 5.73 Å². The molecule has 0 heterocycles. The zero-order chi connectivity index (χ0) is 14.5. The topological polar surface area (TPSA) is 53.0 Å². The molecule has 1 aromatic rings. The second-order valence-electron chi connectivity index (χ2n) is 5.52. The van der Waals surface area contributed by atoms with Crippen molar-refractivity contribution in [2.24, 2.45) is 11.7 Å². The van der Waals surface area contributed by atoms with Gasteiger partial charge in [0.05, 0.1) is 11.6 Å². The highest BCUT2D eigenvalue weighted by atomic mass is 19.1. The van der Waals surface area contributed by atoms with Crippen molar-refractivity contribution in [2.75, 3.05) is 13.1 Å². The fraction of sp³-hybridized carbons (Fsp3) is 0.562. The number of halogens is 1. The van der Waals surface area contributed by atoms with Gasteiger partial charge in [-0.3, -0.25) is 4.90 Å². The third-order valence-corrected chi connectivity index (χ3v) is 4.27. The average Bonchev–Trinajstić information content (AvgIpc) is 2.92. The maximum atomic E-state index is 13.5. The third kappa shape index (κ3) is 3.36. The molecule has 1 aromatic carbocycles. The molecule has 1 aliphatic rings. The van der Waals surface area contributed by atoms with E-state index < -0.39 is 0 Å². The smallest absolute Gasteiger partial charge is 0.124 e. The summed E-state index contributed by atoms with van der Waals surface area (Å²) in [6.45, 7) is 4.44. The van der Waals surface area contributed by atoms with Gasteiger partial charge in [-0.15, -0.1) is 0 Å². The molecule has 0 amide bonds. The molecule has 4 heteroatoms. The molecule has 2 atom stereocenters. The van der Waals surface area contributed by atoms with Crippen LogP contribution in [0.25, 0.3) is 0 Å². The van der Waals surface area contributed by atoms with Crippen molar-refractivity contribution in [3.63, 3.8) is 0 Å². The van der Waals surface area contributed by atoms with Crippen LogP contribution in [0.1, 0.15) is 37.3 Å². The van der Waals surface area contributed by atoms with Gasteiger partial charge in [-0.25, -0.2) is 4.39 Å². The quantitative estimate of drug-likeness (QED) is 0.898. The first-order valence-corrected chi connectivity index (χ1v) is 7.31. The van der Waals surface area contributed by atoms with Crippen LogP contribution in [0, 0.1) is 23.1 Å². The van der Waals surface area contributed by atoms with E-state index in [0.717, 1.165) is 18.5 Å². The highest BCUT2D eigenvalue weighted by Gasteiger charge is 2.30. The molecule has 0 radical (unpaired) electrons. The maximum Gasteiger partial charge on any atom is 0.124 e. The zero-order valence-electron chi connectivity index (χ0n) is 12.0. The fourth-order valence-electron chi connectivity index (χ4n) is 3.28. The van der Waals surface area contributed by atoms with E-state index in [4.69, 9.17) is 11.0 Å². The van der Waals surface area contributed by atoms with Gasteiger partial charge >= 0.3 is 0 Å². The van der Waals surface area contributed by atoms with E-state index in [-0.39, 0.29) is 5.82 Å². The first kappa shape index (κ1) is 15.0. The van der Waals surface area contributed by atoms with Gasteiger partial charge < -0.3 is 5.73 Å². The van der Waals surface area contributed by atoms with Crippen LogP contribution in [0.3, 0.4) is 0 Å². The third-order valence-electron chi connectivity index (χ3n) is 4.27. The first-order chi connectivity index (χ1) is 9.67. The Hall–Kier alpha value is -1.44. The summed E-state index contributed by atoms with van der Waals surface area (Å²) in [4.78, 5) is 2.36. The predicted molar refractivity (Wildman–Crippen MR) is 77.4 cm³/mol. The van der Waals surface area contributed by atoms with Gasteiger partial charge in [-0.05, 0) is 55.6 Å². The molecule has 20 heavy (non-hydrogen) atoms. The Morgan fingerprint density at radius 1 is 1.40 bits per heavy atom. The van der Waals surface area contributed by atoms with E-state index in [1.54, 1.807) is 6.07 Å². The lowest BCUT2D eigenvalue weighted by molar-refractivity contribution is 0.162. The number of nitrogens with zero attached hydrogens (tertiary/aromatic N) is 2. The van der Waals surface area contributed by atoms with Crippen LogP contribution in [0.4, 0.5) is 4.39 Å². The molecular formula is C16H22FN3. The summed E-state index contributed by atoms with van der Waals surface area (Å²) in [5.41, 5.74) is 7.10. The summed E-state index contributed by atoms with van der Waals surface area (Å²) in [7, 11) is 0. The monoisotopic (exact) mass is 275 g/mol. The average molecular weight is 275 g/mol. The van der Waals surface area contributed by atoms with Crippen molar-refractivity contribution in [1.29, 1.82) is 5.26 Å². The Bertz CT molecular complexity index is 495. The van der Waals surface area contributed by atoms with Crippen LogP contribution in [0.2, 0.25) is 0 Å². The van der Waals surface area contributed by atoms with E-state index in [1.165, 1.54) is 25.0 Å². The lowest BCUT2D eigenvalue weighted by atomic mass is 10.0. The van der Waals surface area contributed by atoms with Crippen LogP contribution in [-0.2, 0) is 6.54 Å². The highest BCUT2D eigenvalue weighted by Crippen LogP contribution is 2.30. The molecule has 0 spiro atoms. The Morgan fingerprint density at radius 2 is 2.20 bits per heavy atom. The number of nitrogens with two attached hydrogens (primary N) is 1. The van der Waals surface area contributed by atoms with Crippen LogP contribution in [-0.4, -0.2) is 24.0 Å². The van der Waals surface area contributed by atoms with Crippen molar-refractivity contribution in [1.82, 2.24) is 4.90 Å². The van der Waals surface area contributed by atoms with E-state index in [0.29, 0.717) is 30.6 Å². The van der Waals surface area contributed by atoms with Gasteiger partial charge in [-0.1, -0.05) is 13.3 Å². The summed E-state index contributed by atoms with van der Waals surface area (Å²) in [5.74, 6) is 0.204. The number of benzene rings is 1. The molecular weight excluding hydrogens is 253 g/mol. The molecule has 2 N–H and O–H groups in total. The predicted octanol–water partition coefficient (Wildman–Crippen LogP) is 2.65. The van der Waals surface area contributed by atoms with E-state index >= 15 is 0 Å². The molecule has 2 rings (SSSR count). The van der Waals surface area contributed by atoms with Gasteiger partial charge in [0.2, 0.25) is 0 Å².